The number of fused-ring (bicyclic) bond motifs is 1. The van der Waals surface area contributed by atoms with Gasteiger partial charge in [0, 0.05) is 12.2 Å². The van der Waals surface area contributed by atoms with E-state index in [1.165, 1.54) is 102 Å². The van der Waals surface area contributed by atoms with Crippen LogP contribution in [0.4, 0.5) is 5.69 Å². The van der Waals surface area contributed by atoms with Gasteiger partial charge in [-0.2, -0.15) is 0 Å². The second kappa shape index (κ2) is 22.5. The fourth-order valence-corrected chi connectivity index (χ4v) is 13.4. The molecule has 1 heteroatoms. The number of nitrogens with one attached hydrogen (secondary N) is 1. The van der Waals surface area contributed by atoms with E-state index >= 15 is 0 Å². The van der Waals surface area contributed by atoms with E-state index in [9.17, 15) is 0 Å². The highest BCUT2D eigenvalue weighted by Crippen LogP contribution is 2.55. The molecule has 6 aliphatic rings. The van der Waals surface area contributed by atoms with E-state index in [4.69, 9.17) is 0 Å². The van der Waals surface area contributed by atoms with Gasteiger partial charge >= 0.3 is 0 Å². The summed E-state index contributed by atoms with van der Waals surface area (Å²) in [5, 5.41) is 3.92. The summed E-state index contributed by atoms with van der Waals surface area (Å²) in [6.45, 7) is 15.0. The number of anilines is 1. The first-order chi connectivity index (χ1) is 29.5. The molecule has 0 heterocycles. The second-order valence-electron chi connectivity index (χ2n) is 20.0. The molecule has 1 N–H and O–H groups in total. The van der Waals surface area contributed by atoms with Gasteiger partial charge in [0.05, 0.1) is 0 Å². The van der Waals surface area contributed by atoms with Crippen molar-refractivity contribution in [2.24, 2.45) is 76.9 Å². The lowest BCUT2D eigenvalue weighted by Gasteiger charge is -2.51. The van der Waals surface area contributed by atoms with E-state index in [-0.39, 0.29) is 0 Å². The standard InChI is InChI=1S/C59H81N/c1-6-9-23-47(22-8-3)56-37-36-55(44(5)54(56)30-10-7-2)59-38-35-53(57-31-20-21-32-58(57)59)43(4)33-34-48(42-60-52-28-18-13-19-29-52)51-40-49(45-24-14-11-15-25-45)39-50(41-51)46-26-16-12-17-27-46/h7,10-16,18-21,23-24,26,28-32,34,43-45,49-51,53-60H,2,6,8-9,17,22,25,27,33,35-42H2,1,3-5H3/b30-10-,47-23+,48-34+. The first-order valence-electron chi connectivity index (χ1n) is 25.0. The Morgan fingerprint density at radius 1 is 0.833 bits per heavy atom. The molecule has 13 unspecified atom stereocenters. The van der Waals surface area contributed by atoms with Crippen LogP contribution in [0.2, 0.25) is 0 Å². The van der Waals surface area contributed by atoms with Gasteiger partial charge in [0.2, 0.25) is 0 Å². The SMILES string of the molecule is C=C/C=C\C1C(/C(=C/CCC)CCC)CCC(C2CCC(C(C)C/C=C(\CNc3ccccc3)C3CC(C4=CC=CCC4)CC(C4C=CC=CC4)C3)C3C=CC=CC32)C1C. The molecule has 0 spiro atoms. The lowest BCUT2D eigenvalue weighted by molar-refractivity contribution is 0.0206. The fraction of sp³-hybridized carbons (Fsp3) is 0.559. The molecule has 6 aliphatic carbocycles. The van der Waals surface area contributed by atoms with E-state index < -0.39 is 0 Å². The number of unbranched alkanes of at least 4 members (excludes halogenated alkanes) is 1. The van der Waals surface area contributed by atoms with Crippen molar-refractivity contribution in [1.82, 2.24) is 0 Å². The highest BCUT2D eigenvalue weighted by atomic mass is 14.9. The largest absolute Gasteiger partial charge is 0.381 e. The molecule has 0 aliphatic heterocycles. The number of benzene rings is 1. The molecule has 322 valence electrons. The zero-order valence-corrected chi connectivity index (χ0v) is 38.2. The predicted molar refractivity (Wildman–Crippen MR) is 262 cm³/mol. The second-order valence-corrected chi connectivity index (χ2v) is 20.0. The maximum atomic E-state index is 4.10. The van der Waals surface area contributed by atoms with Gasteiger partial charge in [-0.3, -0.25) is 0 Å². The molecule has 0 amide bonds. The molecule has 1 aromatic rings. The van der Waals surface area contributed by atoms with Crippen LogP contribution in [0.5, 0.6) is 0 Å². The molecule has 7 rings (SSSR count). The van der Waals surface area contributed by atoms with E-state index in [2.05, 4.69) is 161 Å². The molecule has 0 aromatic heterocycles. The van der Waals surface area contributed by atoms with Gasteiger partial charge in [-0.25, -0.2) is 0 Å². The molecule has 0 radical (unpaired) electrons. The van der Waals surface area contributed by atoms with E-state index in [0.29, 0.717) is 53.3 Å². The van der Waals surface area contributed by atoms with Gasteiger partial charge in [-0.05, 0) is 173 Å². The summed E-state index contributed by atoms with van der Waals surface area (Å²) in [4.78, 5) is 0. The van der Waals surface area contributed by atoms with E-state index in [0.717, 1.165) is 30.2 Å². The van der Waals surface area contributed by atoms with Crippen molar-refractivity contribution < 1.29 is 0 Å². The molecule has 1 aromatic carbocycles. The lowest BCUT2D eigenvalue weighted by atomic mass is 9.53. The summed E-state index contributed by atoms with van der Waals surface area (Å²) in [6, 6.07) is 11.0. The van der Waals surface area contributed by atoms with Gasteiger partial charge in [0.25, 0.3) is 0 Å². The average molecular weight is 804 g/mol. The Kier molecular flexibility index (Phi) is 16.7. The summed E-state index contributed by atoms with van der Waals surface area (Å²) in [5.74, 6) is 8.96. The van der Waals surface area contributed by atoms with Gasteiger partial charge < -0.3 is 5.32 Å². The van der Waals surface area contributed by atoms with Crippen LogP contribution in [-0.2, 0) is 0 Å². The molecule has 3 saturated carbocycles. The average Bonchev–Trinajstić information content (AvgIpc) is 3.30. The zero-order valence-electron chi connectivity index (χ0n) is 38.2. The smallest absolute Gasteiger partial charge is 0.0362 e. The number of allylic oxidation sites excluding steroid dienone is 18. The van der Waals surface area contributed by atoms with Gasteiger partial charge in [-0.1, -0.05) is 179 Å². The minimum absolute atomic E-state index is 0.609. The van der Waals surface area contributed by atoms with Crippen molar-refractivity contribution in [2.45, 2.75) is 124 Å². The van der Waals surface area contributed by atoms with Crippen LogP contribution in [0.3, 0.4) is 0 Å². The number of para-hydroxylation sites is 1. The first-order valence-corrected chi connectivity index (χ1v) is 25.0. The molecule has 0 bridgehead atoms. The summed E-state index contributed by atoms with van der Waals surface area (Å²) < 4.78 is 0. The minimum atomic E-state index is 0.609. The van der Waals surface area contributed by atoms with E-state index in [1.54, 1.807) is 16.7 Å². The predicted octanol–water partition coefficient (Wildman–Crippen LogP) is 16.4. The summed E-state index contributed by atoms with van der Waals surface area (Å²) >= 11 is 0. The quantitative estimate of drug-likeness (QED) is 0.122. The summed E-state index contributed by atoms with van der Waals surface area (Å²) in [7, 11) is 0. The Labute approximate surface area is 367 Å². The van der Waals surface area contributed by atoms with Crippen molar-refractivity contribution >= 4 is 5.69 Å². The normalized spacial score (nSPS) is 35.0. The summed E-state index contributed by atoms with van der Waals surface area (Å²) in [5.41, 5.74) is 6.37. The van der Waals surface area contributed by atoms with Gasteiger partial charge in [-0.15, -0.1) is 0 Å². The third-order valence-electron chi connectivity index (χ3n) is 16.5. The third-order valence-corrected chi connectivity index (χ3v) is 16.5. The van der Waals surface area contributed by atoms with Gasteiger partial charge in [0.15, 0.2) is 0 Å². The Bertz CT molecular complexity index is 1790. The van der Waals surface area contributed by atoms with Crippen molar-refractivity contribution in [3.05, 3.63) is 151 Å². The monoisotopic (exact) mass is 804 g/mol. The molecule has 13 atom stereocenters. The highest BCUT2D eigenvalue weighted by molar-refractivity contribution is 5.44. The molecule has 0 saturated heterocycles. The van der Waals surface area contributed by atoms with Crippen molar-refractivity contribution in [3.63, 3.8) is 0 Å². The van der Waals surface area contributed by atoms with Crippen molar-refractivity contribution in [1.29, 1.82) is 0 Å². The van der Waals surface area contributed by atoms with Crippen molar-refractivity contribution in [2.75, 3.05) is 11.9 Å². The maximum Gasteiger partial charge on any atom is 0.0362 e. The topological polar surface area (TPSA) is 12.0 Å². The van der Waals surface area contributed by atoms with Gasteiger partial charge in [0.1, 0.15) is 0 Å². The van der Waals surface area contributed by atoms with Crippen LogP contribution in [0.25, 0.3) is 0 Å². The Morgan fingerprint density at radius 2 is 1.65 bits per heavy atom. The maximum absolute atomic E-state index is 4.10. The van der Waals surface area contributed by atoms with E-state index in [1.807, 2.05) is 6.08 Å². The number of hydrogen-bond acceptors (Lipinski definition) is 1. The van der Waals surface area contributed by atoms with Crippen LogP contribution < -0.4 is 5.32 Å². The van der Waals surface area contributed by atoms with Crippen LogP contribution in [0.15, 0.2) is 151 Å². The highest BCUT2D eigenvalue weighted by Gasteiger charge is 2.47. The molecule has 1 nitrogen and oxygen atoms in total. The Hall–Kier alpha value is -3.58. The van der Waals surface area contributed by atoms with Crippen LogP contribution >= 0.6 is 0 Å². The molecule has 60 heavy (non-hydrogen) atoms. The first kappa shape index (κ1) is 44.5. The number of rotatable bonds is 17. The Balaban J connectivity index is 1.10. The minimum Gasteiger partial charge on any atom is -0.381 e. The zero-order chi connectivity index (χ0) is 41.7. The summed E-state index contributed by atoms with van der Waals surface area (Å²) in [6.07, 6.45) is 58.3. The Morgan fingerprint density at radius 3 is 2.40 bits per heavy atom. The molecule has 3 fully saturated rings. The molecular weight excluding hydrogens is 723 g/mol. The van der Waals surface area contributed by atoms with Crippen LogP contribution in [0.1, 0.15) is 124 Å². The fourth-order valence-electron chi connectivity index (χ4n) is 13.4. The molecular formula is C59H81N. The van der Waals surface area contributed by atoms with Crippen molar-refractivity contribution in [3.8, 4) is 0 Å². The van der Waals surface area contributed by atoms with Crippen LogP contribution in [0, 0.1) is 76.9 Å². The lowest BCUT2D eigenvalue weighted by Crippen LogP contribution is -2.44. The third kappa shape index (κ3) is 11.1. The van der Waals surface area contributed by atoms with Crippen LogP contribution in [-0.4, -0.2) is 6.54 Å². The number of hydrogen-bond donors (Lipinski definition) is 1.